The van der Waals surface area contributed by atoms with Crippen LogP contribution in [0.5, 0.6) is 11.5 Å². The molecule has 1 aliphatic rings. The summed E-state index contributed by atoms with van der Waals surface area (Å²) in [4.78, 5) is 17.2. The average molecular weight is 396 g/mol. The van der Waals surface area contributed by atoms with Crippen LogP contribution in [0.3, 0.4) is 0 Å². The van der Waals surface area contributed by atoms with Crippen molar-refractivity contribution in [3.8, 4) is 11.5 Å². The SMILES string of the molecule is COc1ccc2nc(C)c(C(=O)NCCc3cc(F)cc4c3OCOC4)cc2c1. The molecule has 4 rings (SSSR count). The van der Waals surface area contributed by atoms with E-state index in [-0.39, 0.29) is 18.5 Å². The molecular formula is C22H21FN2O4. The molecule has 1 amide bonds. The molecule has 2 aromatic carbocycles. The van der Waals surface area contributed by atoms with E-state index in [0.717, 1.165) is 10.9 Å². The van der Waals surface area contributed by atoms with E-state index in [9.17, 15) is 9.18 Å². The first-order valence-electron chi connectivity index (χ1n) is 9.30. The Bertz CT molecular complexity index is 1080. The fourth-order valence-electron chi connectivity index (χ4n) is 3.46. The second kappa shape index (κ2) is 8.05. The van der Waals surface area contributed by atoms with Gasteiger partial charge in [0.05, 0.1) is 30.5 Å². The number of ether oxygens (including phenoxy) is 3. The molecule has 0 aliphatic carbocycles. The second-order valence-electron chi connectivity index (χ2n) is 6.85. The number of rotatable bonds is 5. The molecule has 29 heavy (non-hydrogen) atoms. The zero-order valence-electron chi connectivity index (χ0n) is 16.3. The molecule has 2 heterocycles. The monoisotopic (exact) mass is 396 g/mol. The molecule has 0 bridgehead atoms. The van der Waals surface area contributed by atoms with Crippen molar-refractivity contribution >= 4 is 16.8 Å². The van der Waals surface area contributed by atoms with Crippen LogP contribution in [0.1, 0.15) is 27.2 Å². The van der Waals surface area contributed by atoms with E-state index in [1.807, 2.05) is 18.2 Å². The first-order chi connectivity index (χ1) is 14.0. The van der Waals surface area contributed by atoms with Crippen molar-refractivity contribution in [3.63, 3.8) is 0 Å². The number of carbonyl (C=O) groups excluding carboxylic acids is 1. The summed E-state index contributed by atoms with van der Waals surface area (Å²) >= 11 is 0. The van der Waals surface area contributed by atoms with Crippen LogP contribution in [-0.2, 0) is 17.8 Å². The molecule has 0 saturated heterocycles. The molecule has 0 unspecified atom stereocenters. The number of nitrogens with zero attached hydrogens (tertiary/aromatic N) is 1. The maximum Gasteiger partial charge on any atom is 0.253 e. The first-order valence-corrected chi connectivity index (χ1v) is 9.30. The minimum absolute atomic E-state index is 0.142. The summed E-state index contributed by atoms with van der Waals surface area (Å²) in [6, 6.07) is 10.2. The number of aromatic nitrogens is 1. The fraction of sp³-hybridized carbons (Fsp3) is 0.273. The summed E-state index contributed by atoms with van der Waals surface area (Å²) in [6.45, 7) is 2.60. The van der Waals surface area contributed by atoms with Crippen molar-refractivity contribution in [3.05, 3.63) is 64.6 Å². The third-order valence-electron chi connectivity index (χ3n) is 4.89. The smallest absolute Gasteiger partial charge is 0.253 e. The zero-order chi connectivity index (χ0) is 20.4. The Morgan fingerprint density at radius 2 is 2.14 bits per heavy atom. The van der Waals surface area contributed by atoms with E-state index >= 15 is 0 Å². The van der Waals surface area contributed by atoms with Gasteiger partial charge < -0.3 is 19.5 Å². The molecule has 0 spiro atoms. The predicted molar refractivity (Wildman–Crippen MR) is 106 cm³/mol. The number of benzene rings is 2. The van der Waals surface area contributed by atoms with Gasteiger partial charge in [0, 0.05) is 17.5 Å². The van der Waals surface area contributed by atoms with Gasteiger partial charge in [-0.05, 0) is 55.3 Å². The molecule has 3 aromatic rings. The number of aryl methyl sites for hydroxylation is 1. The van der Waals surface area contributed by atoms with Gasteiger partial charge in [-0.3, -0.25) is 9.78 Å². The number of pyridine rings is 1. The highest BCUT2D eigenvalue weighted by Gasteiger charge is 2.17. The van der Waals surface area contributed by atoms with E-state index in [1.54, 1.807) is 20.1 Å². The van der Waals surface area contributed by atoms with Crippen LogP contribution in [0, 0.1) is 12.7 Å². The lowest BCUT2D eigenvalue weighted by Crippen LogP contribution is -2.27. The van der Waals surface area contributed by atoms with Gasteiger partial charge in [0.1, 0.15) is 17.3 Å². The van der Waals surface area contributed by atoms with Gasteiger partial charge in [-0.2, -0.15) is 0 Å². The quantitative estimate of drug-likeness (QED) is 0.715. The first kappa shape index (κ1) is 19.1. The predicted octanol–water partition coefficient (Wildman–Crippen LogP) is 3.53. The third kappa shape index (κ3) is 4.00. The molecule has 6 nitrogen and oxygen atoms in total. The Kier molecular flexibility index (Phi) is 5.31. The van der Waals surface area contributed by atoms with E-state index in [2.05, 4.69) is 10.3 Å². The molecule has 1 N–H and O–H groups in total. The van der Waals surface area contributed by atoms with E-state index in [1.165, 1.54) is 12.1 Å². The molecule has 7 heteroatoms. The maximum atomic E-state index is 13.9. The molecule has 1 aliphatic heterocycles. The number of nitrogens with one attached hydrogen (secondary N) is 1. The third-order valence-corrected chi connectivity index (χ3v) is 4.89. The summed E-state index contributed by atoms with van der Waals surface area (Å²) in [7, 11) is 1.59. The molecule has 0 fully saturated rings. The van der Waals surface area contributed by atoms with Crippen molar-refractivity contribution < 1.29 is 23.4 Å². The minimum atomic E-state index is -0.345. The second-order valence-corrected chi connectivity index (χ2v) is 6.85. The van der Waals surface area contributed by atoms with Crippen LogP contribution in [0.25, 0.3) is 10.9 Å². The average Bonchev–Trinajstić information content (AvgIpc) is 2.72. The highest BCUT2D eigenvalue weighted by atomic mass is 19.1. The summed E-state index contributed by atoms with van der Waals surface area (Å²) < 4.78 is 29.8. The molecule has 1 aromatic heterocycles. The number of amides is 1. The molecule has 0 atom stereocenters. The Morgan fingerprint density at radius 1 is 1.28 bits per heavy atom. The summed E-state index contributed by atoms with van der Waals surface area (Å²) in [6.07, 6.45) is 0.444. The normalized spacial score (nSPS) is 12.9. The van der Waals surface area contributed by atoms with Crippen molar-refractivity contribution in [1.29, 1.82) is 0 Å². The summed E-state index contributed by atoms with van der Waals surface area (Å²) in [5, 5.41) is 3.71. The highest BCUT2D eigenvalue weighted by molar-refractivity contribution is 5.98. The van der Waals surface area contributed by atoms with Crippen molar-refractivity contribution in [2.45, 2.75) is 20.0 Å². The van der Waals surface area contributed by atoms with Crippen LogP contribution in [0.2, 0.25) is 0 Å². The summed E-state index contributed by atoms with van der Waals surface area (Å²) in [5.74, 6) is 0.772. The van der Waals surface area contributed by atoms with Crippen LogP contribution in [0.15, 0.2) is 36.4 Å². The minimum Gasteiger partial charge on any atom is -0.497 e. The Morgan fingerprint density at radius 3 is 2.97 bits per heavy atom. The van der Waals surface area contributed by atoms with Gasteiger partial charge in [0.25, 0.3) is 5.91 Å². The van der Waals surface area contributed by atoms with Gasteiger partial charge in [-0.25, -0.2) is 4.39 Å². The topological polar surface area (TPSA) is 69.7 Å². The lowest BCUT2D eigenvalue weighted by atomic mass is 10.0. The zero-order valence-corrected chi connectivity index (χ0v) is 16.3. The standard InChI is InChI=1S/C22H21FN2O4/c1-13-19(10-15-9-18(27-2)3-4-20(15)25-13)22(26)24-6-5-14-7-17(23)8-16-11-28-12-29-21(14)16/h3-4,7-10H,5-6,11-12H2,1-2H3,(H,24,26). The highest BCUT2D eigenvalue weighted by Crippen LogP contribution is 2.29. The Hall–Kier alpha value is -3.19. The summed E-state index contributed by atoms with van der Waals surface area (Å²) in [5.41, 5.74) is 3.33. The largest absolute Gasteiger partial charge is 0.497 e. The number of hydrogen-bond donors (Lipinski definition) is 1. The number of carbonyl (C=O) groups is 1. The van der Waals surface area contributed by atoms with Crippen LogP contribution in [0.4, 0.5) is 4.39 Å². The molecule has 0 radical (unpaired) electrons. The van der Waals surface area contributed by atoms with Crippen LogP contribution < -0.4 is 14.8 Å². The number of hydrogen-bond acceptors (Lipinski definition) is 5. The number of fused-ring (bicyclic) bond motifs is 2. The van der Waals surface area contributed by atoms with Gasteiger partial charge >= 0.3 is 0 Å². The maximum absolute atomic E-state index is 13.9. The van der Waals surface area contributed by atoms with Gasteiger partial charge in [0.15, 0.2) is 6.79 Å². The van der Waals surface area contributed by atoms with E-state index in [0.29, 0.717) is 53.5 Å². The van der Waals surface area contributed by atoms with Crippen LogP contribution >= 0.6 is 0 Å². The van der Waals surface area contributed by atoms with Crippen molar-refractivity contribution in [2.24, 2.45) is 0 Å². The van der Waals surface area contributed by atoms with E-state index in [4.69, 9.17) is 14.2 Å². The Balaban J connectivity index is 1.49. The van der Waals surface area contributed by atoms with E-state index < -0.39 is 0 Å². The van der Waals surface area contributed by atoms with Crippen LogP contribution in [-0.4, -0.2) is 31.3 Å². The molecule has 150 valence electrons. The van der Waals surface area contributed by atoms with Crippen molar-refractivity contribution in [1.82, 2.24) is 10.3 Å². The lowest BCUT2D eigenvalue weighted by molar-refractivity contribution is -0.0172. The number of halogens is 1. The molecular weight excluding hydrogens is 375 g/mol. The van der Waals surface area contributed by atoms with Crippen molar-refractivity contribution in [2.75, 3.05) is 20.4 Å². The van der Waals surface area contributed by atoms with Gasteiger partial charge in [-0.1, -0.05) is 0 Å². The molecule has 0 saturated carbocycles. The lowest BCUT2D eigenvalue weighted by Gasteiger charge is -2.21. The number of methoxy groups -OCH3 is 1. The fourth-order valence-corrected chi connectivity index (χ4v) is 3.46. The van der Waals surface area contributed by atoms with Gasteiger partial charge in [-0.15, -0.1) is 0 Å². The Labute approximate surface area is 167 Å². The van der Waals surface area contributed by atoms with Gasteiger partial charge in [0.2, 0.25) is 0 Å².